The second-order valence-electron chi connectivity index (χ2n) is 26.0. The number of hydrogen-bond acceptors (Lipinski definition) is 14. The van der Waals surface area contributed by atoms with Gasteiger partial charge in [0.2, 0.25) is 59.1 Å². The normalized spacial score (nSPS) is 14.6. The van der Waals surface area contributed by atoms with E-state index in [0.717, 1.165) is 6.42 Å². The van der Waals surface area contributed by atoms with Crippen molar-refractivity contribution in [2.24, 2.45) is 5.73 Å². The van der Waals surface area contributed by atoms with Crippen LogP contribution in [0, 0.1) is 0 Å². The molecule has 0 aliphatic carbocycles. The lowest BCUT2D eigenvalue weighted by Gasteiger charge is -2.28. The van der Waals surface area contributed by atoms with E-state index in [1.165, 1.54) is 21.6 Å². The summed E-state index contributed by atoms with van der Waals surface area (Å²) in [6.45, 7) is 5.61. The van der Waals surface area contributed by atoms with Crippen molar-refractivity contribution in [1.82, 2.24) is 53.2 Å². The van der Waals surface area contributed by atoms with Gasteiger partial charge in [0.05, 0.1) is 77.8 Å². The Morgan fingerprint density at radius 3 is 0.574 bits per heavy atom. The van der Waals surface area contributed by atoms with Crippen LogP contribution in [0.1, 0.15) is 193 Å². The highest BCUT2D eigenvalue weighted by Crippen LogP contribution is 2.21. The maximum Gasteiger partial charge on any atom is 0.279 e. The van der Waals surface area contributed by atoms with E-state index in [1.807, 2.05) is 0 Å². The number of nitrogens with one attached hydrogen (secondary N) is 10. The molecular formula is C65H143N22O12S2+11. The van der Waals surface area contributed by atoms with Gasteiger partial charge in [0, 0.05) is 5.75 Å². The molecule has 0 aliphatic heterocycles. The summed E-state index contributed by atoms with van der Waals surface area (Å²) in [5.74, 6) is -6.21. The van der Waals surface area contributed by atoms with E-state index < -0.39 is 131 Å². The van der Waals surface area contributed by atoms with Crippen molar-refractivity contribution in [3.63, 3.8) is 0 Å². The lowest BCUT2D eigenvalue weighted by atomic mass is 10.0. The molecule has 0 saturated carbocycles. The topological polar surface area (TPSA) is 658 Å². The quantitative estimate of drug-likeness (QED) is 0.0199. The van der Waals surface area contributed by atoms with Crippen LogP contribution in [0.3, 0.4) is 0 Å². The number of amides is 11. The van der Waals surface area contributed by atoms with Crippen molar-refractivity contribution in [3.05, 3.63) is 0 Å². The number of aliphatic hydroxyl groups excluding tert-OH is 1. The van der Waals surface area contributed by atoms with E-state index in [-0.39, 0.29) is 64.4 Å². The Hall–Kier alpha value is -5.61. The molecule has 0 rings (SSSR count). The van der Waals surface area contributed by atoms with E-state index in [1.54, 1.807) is 0 Å². The van der Waals surface area contributed by atoms with Gasteiger partial charge in [0.1, 0.15) is 60.4 Å². The van der Waals surface area contributed by atoms with Gasteiger partial charge in [-0.3, -0.25) is 52.7 Å². The third-order valence-electron chi connectivity index (χ3n) is 17.2. The molecule has 0 aliphatic rings. The van der Waals surface area contributed by atoms with Crippen LogP contribution in [0.4, 0.5) is 0 Å². The summed E-state index contributed by atoms with van der Waals surface area (Å²) in [6, 6.07) is -12.1. The number of rotatable bonds is 66. The fourth-order valence-corrected chi connectivity index (χ4v) is 13.0. The first-order chi connectivity index (χ1) is 48.6. The maximum absolute atomic E-state index is 14.8. The molecule has 0 aromatic heterocycles. The zero-order chi connectivity index (χ0) is 75.6. The summed E-state index contributed by atoms with van der Waals surface area (Å²) >= 11 is 0. The maximum atomic E-state index is 14.8. The first-order valence-corrected chi connectivity index (χ1v) is 40.0. The second-order valence-corrected chi connectivity index (χ2v) is 28.7. The fourth-order valence-electron chi connectivity index (χ4n) is 11.0. The number of carbonyl (C=O) groups excluding carboxylic acids is 11. The van der Waals surface area contributed by atoms with Crippen molar-refractivity contribution in [1.29, 1.82) is 0 Å². The van der Waals surface area contributed by atoms with Crippen LogP contribution in [-0.2, 0) is 52.7 Å². The highest BCUT2D eigenvalue weighted by molar-refractivity contribution is 8.76. The lowest BCUT2D eigenvalue weighted by Crippen LogP contribution is -2.70. The summed E-state index contributed by atoms with van der Waals surface area (Å²) < 4.78 is 0. The third-order valence-corrected chi connectivity index (χ3v) is 19.6. The van der Waals surface area contributed by atoms with E-state index in [9.17, 15) is 57.8 Å². The third kappa shape index (κ3) is 44.6. The first-order valence-electron chi connectivity index (χ1n) is 37.6. The van der Waals surface area contributed by atoms with Crippen molar-refractivity contribution in [2.75, 3.05) is 83.6 Å². The molecule has 101 heavy (non-hydrogen) atoms. The Kier molecular flexibility index (Phi) is 58.4. The first kappa shape index (κ1) is 95.4. The van der Waals surface area contributed by atoms with Crippen molar-refractivity contribution < 1.29 is 121 Å². The van der Waals surface area contributed by atoms with Crippen LogP contribution in [0.15, 0.2) is 0 Å². The van der Waals surface area contributed by atoms with Gasteiger partial charge in [-0.05, 0) is 193 Å². The molecule has 0 aromatic rings. The highest BCUT2D eigenvalue weighted by atomic mass is 33.1. The Labute approximate surface area is 606 Å². The molecule has 0 fully saturated rings. The summed E-state index contributed by atoms with van der Waals surface area (Å²) in [7, 11) is 2.79. The van der Waals surface area contributed by atoms with Crippen LogP contribution in [-0.4, -0.2) is 220 Å². The average Bonchev–Trinajstić information content (AvgIpc) is 0.875. The molecule has 36 heteroatoms. The number of nitrogens with two attached hydrogens (primary N) is 1. The minimum absolute atomic E-state index is 0.0135. The molecule has 0 bridgehead atoms. The molecule has 0 aromatic carbocycles. The molecule has 46 N–H and O–H groups in total. The molecule has 586 valence electrons. The number of hydrogen-bond donors (Lipinski definition) is 23. The summed E-state index contributed by atoms with van der Waals surface area (Å²) in [5.41, 5.74) is 48.9. The van der Waals surface area contributed by atoms with Crippen LogP contribution >= 0.6 is 21.6 Å². The largest absolute Gasteiger partial charge is 0.395 e. The molecule has 0 radical (unpaired) electrons. The van der Waals surface area contributed by atoms with Gasteiger partial charge in [-0.25, -0.2) is 0 Å². The Balaban J connectivity index is 7.26. The molecule has 34 nitrogen and oxygen atoms in total. The Morgan fingerprint density at radius 1 is 0.257 bits per heavy atom. The summed E-state index contributed by atoms with van der Waals surface area (Å²) in [4.78, 5) is 156. The standard InChI is InChI=1S/C65H132N22O12S2/c66-31-11-1-21-45(55(77)89)78-57(91)47(23-3-13-33-68)80-59(93)49(25-5-15-35-70)82-61(95)51(27-7-17-37-72)84-63(97)53(29-9-19-39-74)86-65(99)54(30-10-20-40-75)87-64(98)52(28-8-18-38-73)85-62(96)50(26-6-16-36-71)83-60(94)48(24-4-14-34-69)81-58(92)46(22-2-12-32-67)79-56(90)44(76)43-101-100-42-41-88/h44-54,88H,1-43,66-76H2,(H2,77,89)(H,78,91)(H,79,90)(H,80,93)(H,81,92)(H,82,95)(H,83,94)(H,84,97)(H,85,96)(H,86,99)(H,87,98)/p+11. The van der Waals surface area contributed by atoms with Gasteiger partial charge in [-0.15, -0.1) is 0 Å². The Morgan fingerprint density at radius 2 is 0.416 bits per heavy atom. The molecule has 0 spiro atoms. The van der Waals surface area contributed by atoms with Gasteiger partial charge in [-0.2, -0.15) is 0 Å². The summed E-state index contributed by atoms with van der Waals surface area (Å²) in [6.07, 6.45) is 13.1. The molecule has 11 unspecified atom stereocenters. The predicted molar refractivity (Wildman–Crippen MR) is 383 cm³/mol. The van der Waals surface area contributed by atoms with Gasteiger partial charge >= 0.3 is 0 Å². The van der Waals surface area contributed by atoms with Crippen LogP contribution in [0.5, 0.6) is 0 Å². The van der Waals surface area contributed by atoms with Crippen LogP contribution < -0.4 is 122 Å². The number of quaternary nitrogens is 11. The smallest absolute Gasteiger partial charge is 0.279 e. The zero-order valence-electron chi connectivity index (χ0n) is 61.4. The van der Waals surface area contributed by atoms with Gasteiger partial charge in [0.15, 0.2) is 6.04 Å². The molecule has 0 saturated heterocycles. The average molecular weight is 1490 g/mol. The second kappa shape index (κ2) is 61.8. The van der Waals surface area contributed by atoms with Crippen molar-refractivity contribution in [2.45, 2.75) is 259 Å². The van der Waals surface area contributed by atoms with Crippen molar-refractivity contribution >= 4 is 86.6 Å². The predicted octanol–water partition coefficient (Wildman–Crippen LogP) is -12.6. The van der Waals surface area contributed by atoms with Gasteiger partial charge in [0.25, 0.3) is 5.91 Å². The van der Waals surface area contributed by atoms with E-state index >= 15 is 0 Å². The van der Waals surface area contributed by atoms with Crippen LogP contribution in [0.2, 0.25) is 0 Å². The van der Waals surface area contributed by atoms with E-state index in [4.69, 9.17) is 5.73 Å². The van der Waals surface area contributed by atoms with Crippen LogP contribution in [0.25, 0.3) is 0 Å². The number of primary amides is 1. The van der Waals surface area contributed by atoms with Gasteiger partial charge in [-0.1, -0.05) is 21.6 Å². The van der Waals surface area contributed by atoms with E-state index in [0.29, 0.717) is 205 Å². The SMILES string of the molecule is NC(=O)C(CCCC[NH3+])NC(=O)C(CCCC[NH3+])NC(=O)C(CCCC[NH3+])NC(=O)C(CCCC[NH3+])NC(=O)C(CCCC[NH3+])NC(=O)C(CCCC[NH3+])NC(=O)C(CCCC[NH3+])NC(=O)C(CCCC[NH3+])NC(=O)C(CCCC[NH3+])NC(=O)C(CCCC[NH3+])NC(=O)C([NH3+])CSSCCO. The monoisotopic (exact) mass is 1490 g/mol. The minimum atomic E-state index is -1.22. The highest BCUT2D eigenvalue weighted by Gasteiger charge is 2.37. The Bertz CT molecular complexity index is 2330. The van der Waals surface area contributed by atoms with Crippen molar-refractivity contribution in [3.8, 4) is 0 Å². The van der Waals surface area contributed by atoms with Gasteiger partial charge < -0.3 is 127 Å². The molecule has 11 atom stereocenters. The molecular weight excluding hydrogens is 1340 g/mol. The summed E-state index contributed by atoms with van der Waals surface area (Å²) in [5, 5.41) is 37.7. The fraction of sp³-hybridized carbons (Fsp3) is 0.831. The number of aliphatic hydroxyl groups is 1. The molecule has 11 amide bonds. The number of unbranched alkanes of at least 4 members (excludes halogenated alkanes) is 10. The molecule has 0 heterocycles. The number of carbonyl (C=O) groups is 11. The zero-order valence-corrected chi connectivity index (χ0v) is 63.0. The van der Waals surface area contributed by atoms with E-state index in [2.05, 4.69) is 116 Å². The minimum Gasteiger partial charge on any atom is -0.395 e. The lowest BCUT2D eigenvalue weighted by molar-refractivity contribution is -0.396.